The third-order valence-electron chi connectivity index (χ3n) is 4.77. The molecule has 0 bridgehead atoms. The van der Waals surface area contributed by atoms with Gasteiger partial charge in [-0.1, -0.05) is 43.3 Å². The minimum absolute atomic E-state index is 0.0711. The Morgan fingerprint density at radius 3 is 2.71 bits per heavy atom. The number of carbonyl (C=O) groups is 1. The van der Waals surface area contributed by atoms with Crippen LogP contribution in [0, 0.1) is 10.1 Å². The van der Waals surface area contributed by atoms with Crippen molar-refractivity contribution in [3.8, 4) is 0 Å². The van der Waals surface area contributed by atoms with E-state index >= 15 is 0 Å². The van der Waals surface area contributed by atoms with Crippen molar-refractivity contribution in [1.82, 2.24) is 9.99 Å². The number of hydrogen-bond donors (Lipinski definition) is 1. The Kier molecular flexibility index (Phi) is 5.84. The first kappa shape index (κ1) is 19.3. The van der Waals surface area contributed by atoms with Gasteiger partial charge in [0.05, 0.1) is 17.6 Å². The summed E-state index contributed by atoms with van der Waals surface area (Å²) in [7, 11) is 0. The van der Waals surface area contributed by atoms with E-state index in [1.807, 2.05) is 24.4 Å². The van der Waals surface area contributed by atoms with Crippen LogP contribution < -0.4 is 5.43 Å². The monoisotopic (exact) mass is 378 g/mol. The summed E-state index contributed by atoms with van der Waals surface area (Å²) in [5, 5.41) is 16.2. The average molecular weight is 378 g/mol. The molecule has 144 valence electrons. The normalized spacial score (nSPS) is 12.4. The van der Waals surface area contributed by atoms with Gasteiger partial charge in [-0.25, -0.2) is 5.43 Å². The zero-order valence-electron chi connectivity index (χ0n) is 15.8. The van der Waals surface area contributed by atoms with Crippen molar-refractivity contribution in [2.45, 2.75) is 32.7 Å². The number of nitrogens with one attached hydrogen (secondary N) is 1. The van der Waals surface area contributed by atoms with Crippen LogP contribution in [0.15, 0.2) is 59.8 Å². The second-order valence-corrected chi connectivity index (χ2v) is 6.62. The Labute approximate surface area is 162 Å². The molecule has 3 aromatic rings. The van der Waals surface area contributed by atoms with Gasteiger partial charge in [0.25, 0.3) is 5.69 Å². The number of hydrogen-bond acceptors (Lipinski definition) is 4. The van der Waals surface area contributed by atoms with Crippen LogP contribution in [0.5, 0.6) is 0 Å². The first-order valence-corrected chi connectivity index (χ1v) is 9.15. The van der Waals surface area contributed by atoms with E-state index in [-0.39, 0.29) is 12.1 Å². The number of fused-ring (bicyclic) bond motifs is 1. The Balaban J connectivity index is 1.75. The van der Waals surface area contributed by atoms with E-state index in [2.05, 4.69) is 35.0 Å². The molecule has 2 aromatic carbocycles. The van der Waals surface area contributed by atoms with E-state index < -0.39 is 10.8 Å². The second-order valence-electron chi connectivity index (χ2n) is 6.62. The molecule has 0 radical (unpaired) electrons. The van der Waals surface area contributed by atoms with Gasteiger partial charge in [-0.3, -0.25) is 14.9 Å². The minimum atomic E-state index is -0.490. The molecule has 0 aliphatic heterocycles. The van der Waals surface area contributed by atoms with E-state index in [1.165, 1.54) is 6.07 Å². The maximum atomic E-state index is 12.1. The number of hydrazone groups is 1. The van der Waals surface area contributed by atoms with E-state index in [9.17, 15) is 14.9 Å². The van der Waals surface area contributed by atoms with E-state index in [4.69, 9.17) is 0 Å². The molecule has 7 nitrogen and oxygen atoms in total. The quantitative estimate of drug-likeness (QED) is 0.379. The van der Waals surface area contributed by atoms with Gasteiger partial charge in [0.1, 0.15) is 0 Å². The van der Waals surface area contributed by atoms with Crippen molar-refractivity contribution >= 4 is 28.7 Å². The molecule has 1 aromatic heterocycles. The lowest BCUT2D eigenvalue weighted by molar-refractivity contribution is -0.385. The third kappa shape index (κ3) is 4.09. The molecule has 0 aliphatic carbocycles. The first-order chi connectivity index (χ1) is 13.5. The van der Waals surface area contributed by atoms with E-state index in [0.29, 0.717) is 11.6 Å². The number of nitro benzene ring substituents is 1. The van der Waals surface area contributed by atoms with Crippen molar-refractivity contribution < 1.29 is 9.72 Å². The number of nitrogens with zero attached hydrogens (tertiary/aromatic N) is 3. The number of benzene rings is 2. The highest BCUT2D eigenvalue weighted by Gasteiger charge is 2.15. The number of rotatable bonds is 7. The van der Waals surface area contributed by atoms with Crippen LogP contribution in [0.4, 0.5) is 5.69 Å². The average Bonchev–Trinajstić information content (AvgIpc) is 3.06. The summed E-state index contributed by atoms with van der Waals surface area (Å²) in [4.78, 5) is 22.7. The van der Waals surface area contributed by atoms with Gasteiger partial charge in [0.15, 0.2) is 0 Å². The Morgan fingerprint density at radius 1 is 1.25 bits per heavy atom. The maximum absolute atomic E-state index is 12.1. The molecule has 1 amide bonds. The van der Waals surface area contributed by atoms with E-state index in [1.54, 1.807) is 24.4 Å². The zero-order valence-corrected chi connectivity index (χ0v) is 15.8. The summed E-state index contributed by atoms with van der Waals surface area (Å²) in [6, 6.07) is 14.6. The molecular formula is C21H22N4O3. The molecule has 7 heteroatoms. The van der Waals surface area contributed by atoms with Crippen molar-refractivity contribution in [3.05, 3.63) is 76.0 Å². The van der Waals surface area contributed by atoms with Crippen molar-refractivity contribution in [1.29, 1.82) is 0 Å². The maximum Gasteiger partial charge on any atom is 0.273 e. The van der Waals surface area contributed by atoms with Crippen LogP contribution in [0.3, 0.4) is 0 Å². The summed E-state index contributed by atoms with van der Waals surface area (Å²) in [5.74, 6) is -0.406. The molecule has 3 rings (SSSR count). The van der Waals surface area contributed by atoms with Crippen LogP contribution in [0.25, 0.3) is 10.9 Å². The van der Waals surface area contributed by atoms with Crippen LogP contribution in [-0.2, 0) is 11.2 Å². The molecule has 0 saturated heterocycles. The second kappa shape index (κ2) is 8.47. The van der Waals surface area contributed by atoms with Crippen LogP contribution in [-0.4, -0.2) is 21.6 Å². The molecule has 1 atom stereocenters. The predicted molar refractivity (Wildman–Crippen MR) is 109 cm³/mol. The zero-order chi connectivity index (χ0) is 20.1. The van der Waals surface area contributed by atoms with Crippen molar-refractivity contribution in [3.63, 3.8) is 0 Å². The fourth-order valence-electron chi connectivity index (χ4n) is 3.12. The topological polar surface area (TPSA) is 89.5 Å². The van der Waals surface area contributed by atoms with Crippen LogP contribution in [0.1, 0.15) is 37.4 Å². The van der Waals surface area contributed by atoms with Crippen molar-refractivity contribution in [2.75, 3.05) is 0 Å². The number of amides is 1. The van der Waals surface area contributed by atoms with Crippen molar-refractivity contribution in [2.24, 2.45) is 5.10 Å². The highest BCUT2D eigenvalue weighted by Crippen LogP contribution is 2.25. The molecule has 0 unspecified atom stereocenters. The van der Waals surface area contributed by atoms with Crippen LogP contribution in [0.2, 0.25) is 0 Å². The fraction of sp³-hybridized carbons (Fsp3) is 0.238. The third-order valence-corrected chi connectivity index (χ3v) is 4.77. The first-order valence-electron chi connectivity index (χ1n) is 9.15. The predicted octanol–water partition coefficient (Wildman–Crippen LogP) is 4.21. The van der Waals surface area contributed by atoms with E-state index in [0.717, 1.165) is 22.9 Å². The summed E-state index contributed by atoms with van der Waals surface area (Å²) in [5.41, 5.74) is 4.77. The van der Waals surface area contributed by atoms with Gasteiger partial charge in [-0.2, -0.15) is 5.10 Å². The minimum Gasteiger partial charge on any atom is -0.344 e. The summed E-state index contributed by atoms with van der Waals surface area (Å²) in [6.45, 7) is 4.29. The molecule has 1 N–H and O–H groups in total. The lowest BCUT2D eigenvalue weighted by Crippen LogP contribution is -2.20. The van der Waals surface area contributed by atoms with Crippen LogP contribution >= 0.6 is 0 Å². The lowest BCUT2D eigenvalue weighted by Gasteiger charge is -2.12. The SMILES string of the molecule is CC[C@H](C)n1cc(/C=N/NC(=O)Cc2ccccc2[N+](=O)[O-])c2ccccc21. The number of aromatic nitrogens is 1. The molecular weight excluding hydrogens is 356 g/mol. The smallest absolute Gasteiger partial charge is 0.273 e. The van der Waals surface area contributed by atoms with Gasteiger partial charge in [-0.05, 0) is 19.4 Å². The Hall–Kier alpha value is -3.48. The molecule has 0 aliphatic rings. The lowest BCUT2D eigenvalue weighted by atomic mass is 10.1. The Bertz CT molecular complexity index is 1040. The number of nitro groups is 1. The molecule has 28 heavy (non-hydrogen) atoms. The summed E-state index contributed by atoms with van der Waals surface area (Å²) >= 11 is 0. The summed E-state index contributed by atoms with van der Waals surface area (Å²) < 4.78 is 2.20. The molecule has 0 fully saturated rings. The van der Waals surface area contributed by atoms with Gasteiger partial charge in [0, 0.05) is 40.3 Å². The Morgan fingerprint density at radius 2 is 1.96 bits per heavy atom. The molecule has 1 heterocycles. The number of carbonyl (C=O) groups excluding carboxylic acids is 1. The highest BCUT2D eigenvalue weighted by molar-refractivity contribution is 5.99. The standard InChI is InChI=1S/C21H22N4O3/c1-3-15(2)24-14-17(18-9-5-7-11-20(18)24)13-22-23-21(26)12-16-8-4-6-10-19(16)25(27)28/h4-11,13-15H,3,12H2,1-2H3,(H,23,26)/b22-13+/t15-/m0/s1. The highest BCUT2D eigenvalue weighted by atomic mass is 16.6. The van der Waals surface area contributed by atoms with Gasteiger partial charge in [-0.15, -0.1) is 0 Å². The van der Waals surface area contributed by atoms with Gasteiger partial charge < -0.3 is 4.57 Å². The largest absolute Gasteiger partial charge is 0.344 e. The van der Waals surface area contributed by atoms with Gasteiger partial charge in [0.2, 0.25) is 5.91 Å². The fourth-order valence-corrected chi connectivity index (χ4v) is 3.12. The summed E-state index contributed by atoms with van der Waals surface area (Å²) in [6.07, 6.45) is 4.53. The molecule has 0 saturated carbocycles. The van der Waals surface area contributed by atoms with Gasteiger partial charge >= 0.3 is 0 Å². The number of para-hydroxylation sites is 2. The molecule has 0 spiro atoms.